The highest BCUT2D eigenvalue weighted by molar-refractivity contribution is 7.14. The molecule has 0 atom stereocenters. The Morgan fingerprint density at radius 3 is 2.02 bits per heavy atom. The third-order valence-corrected chi connectivity index (χ3v) is 7.15. The highest BCUT2D eigenvalue weighted by Gasteiger charge is 2.30. The maximum absolute atomic E-state index is 13.1. The molecule has 0 bridgehead atoms. The number of anilines is 1. The normalized spacial score (nSPS) is 11.7. The van der Waals surface area contributed by atoms with Gasteiger partial charge in [-0.25, -0.2) is 9.67 Å². The van der Waals surface area contributed by atoms with Crippen LogP contribution in [0.4, 0.5) is 18.3 Å². The minimum absolute atomic E-state index is 0.506. The van der Waals surface area contributed by atoms with E-state index >= 15 is 0 Å². The summed E-state index contributed by atoms with van der Waals surface area (Å²) in [5, 5.41) is 11.6. The van der Waals surface area contributed by atoms with Gasteiger partial charge in [0.2, 0.25) is 5.13 Å². The molecule has 5 nitrogen and oxygen atoms in total. The summed E-state index contributed by atoms with van der Waals surface area (Å²) in [6.07, 6.45) is -1.03. The highest BCUT2D eigenvalue weighted by atomic mass is 32.1. The number of nitrogens with one attached hydrogen (secondary N) is 1. The van der Waals surface area contributed by atoms with Gasteiger partial charge in [0.25, 0.3) is 0 Å². The molecule has 0 fully saturated rings. The van der Waals surface area contributed by atoms with Crippen molar-refractivity contribution in [2.24, 2.45) is 5.10 Å². The van der Waals surface area contributed by atoms with Gasteiger partial charge in [-0.15, -0.1) is 11.3 Å². The molecule has 6 rings (SSSR count). The van der Waals surface area contributed by atoms with E-state index in [1.165, 1.54) is 23.5 Å². The predicted molar refractivity (Wildman–Crippen MR) is 158 cm³/mol. The van der Waals surface area contributed by atoms with Crippen LogP contribution in [0.5, 0.6) is 0 Å². The zero-order valence-corrected chi connectivity index (χ0v) is 22.3. The molecule has 0 unspecified atom stereocenters. The van der Waals surface area contributed by atoms with Gasteiger partial charge in [-0.3, -0.25) is 5.43 Å². The van der Waals surface area contributed by atoms with Crippen LogP contribution in [0.25, 0.3) is 39.3 Å². The Hall–Kier alpha value is -5.02. The summed E-state index contributed by atoms with van der Waals surface area (Å²) in [4.78, 5) is 4.65. The smallest absolute Gasteiger partial charge is 0.253 e. The standard InChI is InChI=1S/C32H22F3N5S/c33-32(34,35)27-17-15-25(16-18-27)30-26(20-40(39-30)28-9-5-2-6-10-28)19-36-38-31-37-29(21-41-31)24-13-11-23(12-14-24)22-7-3-1-4-8-22/h1-21H,(H,37,38)/b36-19+. The largest absolute Gasteiger partial charge is 0.416 e. The van der Waals surface area contributed by atoms with Crippen molar-refractivity contribution >= 4 is 22.7 Å². The fourth-order valence-electron chi connectivity index (χ4n) is 4.31. The van der Waals surface area contributed by atoms with E-state index in [2.05, 4.69) is 44.9 Å². The van der Waals surface area contributed by atoms with Crippen molar-refractivity contribution in [2.45, 2.75) is 6.18 Å². The second kappa shape index (κ2) is 11.2. The fourth-order valence-corrected chi connectivity index (χ4v) is 4.98. The Morgan fingerprint density at radius 1 is 0.732 bits per heavy atom. The molecule has 6 aromatic rings. The lowest BCUT2D eigenvalue weighted by atomic mass is 10.0. The molecule has 41 heavy (non-hydrogen) atoms. The summed E-state index contributed by atoms with van der Waals surface area (Å²) < 4.78 is 41.0. The molecule has 4 aromatic carbocycles. The minimum Gasteiger partial charge on any atom is -0.253 e. The molecule has 0 saturated carbocycles. The third kappa shape index (κ3) is 5.95. The van der Waals surface area contributed by atoms with Gasteiger partial charge in [-0.05, 0) is 35.4 Å². The number of hydrogen-bond donors (Lipinski definition) is 1. The summed E-state index contributed by atoms with van der Waals surface area (Å²) in [7, 11) is 0. The molecule has 2 heterocycles. The third-order valence-electron chi connectivity index (χ3n) is 6.40. The Balaban J connectivity index is 1.22. The van der Waals surface area contributed by atoms with Crippen molar-refractivity contribution in [1.82, 2.24) is 14.8 Å². The maximum Gasteiger partial charge on any atom is 0.416 e. The van der Waals surface area contributed by atoms with Crippen LogP contribution in [0.2, 0.25) is 0 Å². The van der Waals surface area contributed by atoms with E-state index in [0.29, 0.717) is 22.0 Å². The molecule has 0 aliphatic rings. The van der Waals surface area contributed by atoms with E-state index in [4.69, 9.17) is 0 Å². The molecule has 2 aromatic heterocycles. The number of hydrazone groups is 1. The Morgan fingerprint density at radius 2 is 1.34 bits per heavy atom. The van der Waals surface area contributed by atoms with Crippen LogP contribution < -0.4 is 5.43 Å². The molecule has 0 radical (unpaired) electrons. The van der Waals surface area contributed by atoms with Crippen LogP contribution in [0.1, 0.15) is 11.1 Å². The van der Waals surface area contributed by atoms with Crippen LogP contribution >= 0.6 is 11.3 Å². The zero-order chi connectivity index (χ0) is 28.2. The van der Waals surface area contributed by atoms with E-state index in [0.717, 1.165) is 40.2 Å². The number of para-hydroxylation sites is 1. The van der Waals surface area contributed by atoms with Crippen molar-refractivity contribution in [3.8, 4) is 39.3 Å². The summed E-state index contributed by atoms with van der Waals surface area (Å²) in [5.74, 6) is 0. The molecule has 9 heteroatoms. The number of halogens is 3. The SMILES string of the molecule is FC(F)(F)c1ccc(-c2nn(-c3ccccc3)cc2/C=N/Nc2nc(-c3ccc(-c4ccccc4)cc3)cs2)cc1. The van der Waals surface area contributed by atoms with Crippen LogP contribution in [0.15, 0.2) is 126 Å². The molecule has 0 aliphatic carbocycles. The average molecular weight is 566 g/mol. The van der Waals surface area contributed by atoms with Gasteiger partial charge >= 0.3 is 6.18 Å². The number of thiazole rings is 1. The Labute approximate surface area is 238 Å². The Kier molecular flexibility index (Phi) is 7.18. The van der Waals surface area contributed by atoms with Crippen LogP contribution in [0.3, 0.4) is 0 Å². The molecule has 0 saturated heterocycles. The van der Waals surface area contributed by atoms with E-state index < -0.39 is 11.7 Å². The lowest BCUT2D eigenvalue weighted by molar-refractivity contribution is -0.137. The molecule has 0 amide bonds. The van der Waals surface area contributed by atoms with Crippen LogP contribution in [0, 0.1) is 0 Å². The van der Waals surface area contributed by atoms with E-state index in [1.807, 2.05) is 66.0 Å². The number of rotatable bonds is 7. The number of hydrogen-bond acceptors (Lipinski definition) is 5. The molecule has 0 spiro atoms. The second-order valence-corrected chi connectivity index (χ2v) is 10.00. The summed E-state index contributed by atoms with van der Waals surface area (Å²) in [6.45, 7) is 0. The van der Waals surface area contributed by atoms with E-state index in [9.17, 15) is 13.2 Å². The second-order valence-electron chi connectivity index (χ2n) is 9.14. The lowest BCUT2D eigenvalue weighted by Gasteiger charge is -2.07. The number of alkyl halides is 3. The van der Waals surface area contributed by atoms with E-state index in [1.54, 1.807) is 17.1 Å². The molecule has 1 N–H and O–H groups in total. The average Bonchev–Trinajstić information content (AvgIpc) is 3.66. The molecular weight excluding hydrogens is 543 g/mol. The summed E-state index contributed by atoms with van der Waals surface area (Å²) in [6, 6.07) is 32.8. The first-order chi connectivity index (χ1) is 19.9. The van der Waals surface area contributed by atoms with Gasteiger partial charge in [-0.2, -0.15) is 23.4 Å². The molecular formula is C32H22F3N5S. The van der Waals surface area contributed by atoms with Crippen molar-refractivity contribution < 1.29 is 13.2 Å². The number of nitrogens with zero attached hydrogens (tertiary/aromatic N) is 4. The maximum atomic E-state index is 13.1. The number of aromatic nitrogens is 3. The highest BCUT2D eigenvalue weighted by Crippen LogP contribution is 2.32. The first-order valence-electron chi connectivity index (χ1n) is 12.7. The van der Waals surface area contributed by atoms with Gasteiger partial charge in [0.15, 0.2) is 0 Å². The first-order valence-corrected chi connectivity index (χ1v) is 13.6. The van der Waals surface area contributed by atoms with Gasteiger partial charge in [0.05, 0.1) is 23.2 Å². The monoisotopic (exact) mass is 565 g/mol. The molecule has 0 aliphatic heterocycles. The fraction of sp³-hybridized carbons (Fsp3) is 0.0312. The van der Waals surface area contributed by atoms with Gasteiger partial charge in [0.1, 0.15) is 5.69 Å². The van der Waals surface area contributed by atoms with Crippen molar-refractivity contribution in [3.63, 3.8) is 0 Å². The van der Waals surface area contributed by atoms with Crippen LogP contribution in [-0.4, -0.2) is 21.0 Å². The zero-order valence-electron chi connectivity index (χ0n) is 21.5. The lowest BCUT2D eigenvalue weighted by Crippen LogP contribution is -2.04. The topological polar surface area (TPSA) is 55.1 Å². The molecule has 202 valence electrons. The Bertz CT molecular complexity index is 1770. The van der Waals surface area contributed by atoms with Crippen LogP contribution in [-0.2, 0) is 6.18 Å². The van der Waals surface area contributed by atoms with Crippen molar-refractivity contribution in [3.05, 3.63) is 132 Å². The van der Waals surface area contributed by atoms with Gasteiger partial charge in [0, 0.05) is 28.3 Å². The quantitative estimate of drug-likeness (QED) is 0.155. The van der Waals surface area contributed by atoms with Gasteiger partial charge < -0.3 is 0 Å². The predicted octanol–water partition coefficient (Wildman–Crippen LogP) is 8.79. The summed E-state index contributed by atoms with van der Waals surface area (Å²) in [5.41, 5.74) is 8.86. The number of benzene rings is 4. The van der Waals surface area contributed by atoms with Crippen molar-refractivity contribution in [2.75, 3.05) is 5.43 Å². The van der Waals surface area contributed by atoms with Gasteiger partial charge in [-0.1, -0.05) is 84.9 Å². The minimum atomic E-state index is -4.41. The summed E-state index contributed by atoms with van der Waals surface area (Å²) >= 11 is 1.42. The van der Waals surface area contributed by atoms with E-state index in [-0.39, 0.29) is 0 Å². The van der Waals surface area contributed by atoms with Crippen molar-refractivity contribution in [1.29, 1.82) is 0 Å². The first kappa shape index (κ1) is 26.2.